The van der Waals surface area contributed by atoms with E-state index in [9.17, 15) is 10.1 Å². The molecule has 0 atom stereocenters. The van der Waals surface area contributed by atoms with Crippen LogP contribution in [0.15, 0.2) is 30.0 Å². The van der Waals surface area contributed by atoms with Crippen molar-refractivity contribution in [3.8, 4) is 6.07 Å². The Kier molecular flexibility index (Phi) is 8.59. The summed E-state index contributed by atoms with van der Waals surface area (Å²) in [4.78, 5) is 12.4. The van der Waals surface area contributed by atoms with Crippen LogP contribution < -0.4 is 10.6 Å². The molecule has 1 rings (SSSR count). The second-order valence-electron chi connectivity index (χ2n) is 5.82. The van der Waals surface area contributed by atoms with Gasteiger partial charge < -0.3 is 15.4 Å². The number of hydrogen-bond donors (Lipinski definition) is 2. The molecule has 0 aliphatic rings. The third-order valence-corrected chi connectivity index (χ3v) is 3.59. The molecule has 0 radical (unpaired) electrons. The molecular formula is C19H27N3O2. The second-order valence-corrected chi connectivity index (χ2v) is 5.82. The predicted octanol–water partition coefficient (Wildman–Crippen LogP) is 3.48. The summed E-state index contributed by atoms with van der Waals surface area (Å²) >= 11 is 0. The Morgan fingerprint density at radius 3 is 2.79 bits per heavy atom. The molecule has 0 fully saturated rings. The molecule has 0 aliphatic carbocycles. The van der Waals surface area contributed by atoms with E-state index in [1.54, 1.807) is 0 Å². The standard InChI is InChI=1S/C19H27N3O2/c1-5-24-11-7-10-21-13-16(12-20)19(23)22-18-15(4)8-6-9-17(18)14(2)3/h6,8-9,13-14,21H,5,7,10-11H2,1-4H3,(H,22,23)/b16-13-. The molecule has 24 heavy (non-hydrogen) atoms. The zero-order valence-electron chi connectivity index (χ0n) is 15.0. The van der Waals surface area contributed by atoms with Crippen LogP contribution in [0.3, 0.4) is 0 Å². The smallest absolute Gasteiger partial charge is 0.267 e. The Labute approximate surface area is 144 Å². The van der Waals surface area contributed by atoms with Crippen LogP contribution in [-0.2, 0) is 9.53 Å². The summed E-state index contributed by atoms with van der Waals surface area (Å²) in [5, 5.41) is 15.1. The summed E-state index contributed by atoms with van der Waals surface area (Å²) in [6.07, 6.45) is 2.29. The fourth-order valence-corrected chi connectivity index (χ4v) is 2.27. The van der Waals surface area contributed by atoms with E-state index in [2.05, 4.69) is 24.5 Å². The van der Waals surface area contributed by atoms with Crippen molar-refractivity contribution < 1.29 is 9.53 Å². The van der Waals surface area contributed by atoms with Crippen LogP contribution in [0.5, 0.6) is 0 Å². The number of ether oxygens (including phenoxy) is 1. The van der Waals surface area contributed by atoms with Crippen molar-refractivity contribution in [2.24, 2.45) is 0 Å². The lowest BCUT2D eigenvalue weighted by atomic mass is 9.98. The molecule has 0 aliphatic heterocycles. The van der Waals surface area contributed by atoms with E-state index in [0.29, 0.717) is 19.8 Å². The molecule has 0 saturated heterocycles. The number of carbonyl (C=O) groups is 1. The van der Waals surface area contributed by atoms with E-state index in [1.807, 2.05) is 38.1 Å². The Balaban J connectivity index is 2.73. The molecule has 0 spiro atoms. The lowest BCUT2D eigenvalue weighted by Gasteiger charge is -2.16. The van der Waals surface area contributed by atoms with E-state index in [-0.39, 0.29) is 11.5 Å². The number of rotatable bonds is 9. The van der Waals surface area contributed by atoms with E-state index in [1.165, 1.54) is 6.20 Å². The van der Waals surface area contributed by atoms with Crippen LogP contribution in [-0.4, -0.2) is 25.7 Å². The number of nitrogens with one attached hydrogen (secondary N) is 2. The minimum Gasteiger partial charge on any atom is -0.390 e. The van der Waals surface area contributed by atoms with Crippen molar-refractivity contribution in [2.75, 3.05) is 25.1 Å². The number of anilines is 1. The monoisotopic (exact) mass is 329 g/mol. The topological polar surface area (TPSA) is 74.1 Å². The van der Waals surface area contributed by atoms with Gasteiger partial charge in [0.25, 0.3) is 5.91 Å². The molecule has 1 aromatic carbocycles. The molecular weight excluding hydrogens is 302 g/mol. The first kappa shape index (κ1) is 19.7. The molecule has 0 unspecified atom stereocenters. The summed E-state index contributed by atoms with van der Waals surface area (Å²) in [5.41, 5.74) is 2.89. The second kappa shape index (κ2) is 10.5. The number of aryl methyl sites for hydroxylation is 1. The molecule has 1 aromatic rings. The van der Waals surface area contributed by atoms with Crippen LogP contribution >= 0.6 is 0 Å². The Bertz CT molecular complexity index is 616. The average Bonchev–Trinajstić information content (AvgIpc) is 2.55. The lowest BCUT2D eigenvalue weighted by Crippen LogP contribution is -2.19. The molecule has 5 heteroatoms. The number of nitriles is 1. The minimum absolute atomic E-state index is 0.0596. The highest BCUT2D eigenvalue weighted by molar-refractivity contribution is 6.07. The first-order valence-electron chi connectivity index (χ1n) is 8.33. The predicted molar refractivity (Wildman–Crippen MR) is 96.7 cm³/mol. The Morgan fingerprint density at radius 1 is 1.42 bits per heavy atom. The van der Waals surface area contributed by atoms with Crippen molar-refractivity contribution in [1.29, 1.82) is 5.26 Å². The van der Waals surface area contributed by atoms with Crippen molar-refractivity contribution >= 4 is 11.6 Å². The highest BCUT2D eigenvalue weighted by atomic mass is 16.5. The number of nitrogens with zero attached hydrogens (tertiary/aromatic N) is 1. The molecule has 5 nitrogen and oxygen atoms in total. The average molecular weight is 329 g/mol. The normalized spacial score (nSPS) is 11.2. The van der Waals surface area contributed by atoms with Crippen LogP contribution in [0.25, 0.3) is 0 Å². The SMILES string of the molecule is CCOCCCN/C=C(/C#N)C(=O)Nc1c(C)cccc1C(C)C. The van der Waals surface area contributed by atoms with Gasteiger partial charge in [-0.05, 0) is 37.3 Å². The summed E-state index contributed by atoms with van der Waals surface area (Å²) < 4.78 is 5.24. The van der Waals surface area contributed by atoms with Crippen LogP contribution in [0.2, 0.25) is 0 Å². The maximum atomic E-state index is 12.4. The van der Waals surface area contributed by atoms with E-state index < -0.39 is 5.91 Å². The van der Waals surface area contributed by atoms with Crippen LogP contribution in [0, 0.1) is 18.3 Å². The summed E-state index contributed by atoms with van der Waals surface area (Å²) in [5.74, 6) is -0.114. The molecule has 0 heterocycles. The zero-order chi connectivity index (χ0) is 17.9. The molecule has 2 N–H and O–H groups in total. The third-order valence-electron chi connectivity index (χ3n) is 3.59. The summed E-state index contributed by atoms with van der Waals surface area (Å²) in [7, 11) is 0. The number of hydrogen-bond acceptors (Lipinski definition) is 4. The maximum Gasteiger partial charge on any atom is 0.267 e. The van der Waals surface area contributed by atoms with Gasteiger partial charge in [-0.2, -0.15) is 5.26 Å². The third kappa shape index (κ3) is 6.05. The first-order chi connectivity index (χ1) is 11.5. The first-order valence-corrected chi connectivity index (χ1v) is 8.33. The summed E-state index contributed by atoms with van der Waals surface area (Å²) in [6.45, 7) is 10.0. The quantitative estimate of drug-likeness (QED) is 0.413. The molecule has 1 amide bonds. The van der Waals surface area contributed by atoms with E-state index in [0.717, 1.165) is 23.2 Å². The number of benzene rings is 1. The highest BCUT2D eigenvalue weighted by Gasteiger charge is 2.14. The lowest BCUT2D eigenvalue weighted by molar-refractivity contribution is -0.112. The minimum atomic E-state index is -0.397. The maximum absolute atomic E-state index is 12.4. The summed E-state index contributed by atoms with van der Waals surface area (Å²) in [6, 6.07) is 7.86. The van der Waals surface area contributed by atoms with Gasteiger partial charge in [-0.15, -0.1) is 0 Å². The fourth-order valence-electron chi connectivity index (χ4n) is 2.27. The van der Waals surface area contributed by atoms with Gasteiger partial charge in [0.1, 0.15) is 11.6 Å². The molecule has 0 bridgehead atoms. The van der Waals surface area contributed by atoms with Gasteiger partial charge in [-0.1, -0.05) is 32.0 Å². The van der Waals surface area contributed by atoms with Gasteiger partial charge in [0.05, 0.1) is 0 Å². The van der Waals surface area contributed by atoms with Crippen molar-refractivity contribution in [2.45, 2.75) is 40.0 Å². The Morgan fingerprint density at radius 2 is 2.17 bits per heavy atom. The van der Waals surface area contributed by atoms with Gasteiger partial charge in [-0.25, -0.2) is 0 Å². The highest BCUT2D eigenvalue weighted by Crippen LogP contribution is 2.27. The van der Waals surface area contributed by atoms with Crippen LogP contribution in [0.4, 0.5) is 5.69 Å². The van der Waals surface area contributed by atoms with Gasteiger partial charge >= 0.3 is 0 Å². The van der Waals surface area contributed by atoms with Gasteiger partial charge in [-0.3, -0.25) is 4.79 Å². The van der Waals surface area contributed by atoms with Crippen molar-refractivity contribution in [1.82, 2.24) is 5.32 Å². The van der Waals surface area contributed by atoms with E-state index in [4.69, 9.17) is 4.74 Å². The van der Waals surface area contributed by atoms with Crippen molar-refractivity contribution in [3.63, 3.8) is 0 Å². The van der Waals surface area contributed by atoms with E-state index >= 15 is 0 Å². The number of amides is 1. The zero-order valence-corrected chi connectivity index (χ0v) is 15.0. The number of carbonyl (C=O) groups excluding carboxylic acids is 1. The number of para-hydroxylation sites is 1. The largest absolute Gasteiger partial charge is 0.390 e. The fraction of sp³-hybridized carbons (Fsp3) is 0.474. The van der Waals surface area contributed by atoms with Gasteiger partial charge in [0.2, 0.25) is 0 Å². The molecule has 0 aromatic heterocycles. The molecule has 130 valence electrons. The van der Waals surface area contributed by atoms with Crippen molar-refractivity contribution in [3.05, 3.63) is 41.1 Å². The molecule has 0 saturated carbocycles. The van der Waals surface area contributed by atoms with Gasteiger partial charge in [0, 0.05) is 31.6 Å². The van der Waals surface area contributed by atoms with Gasteiger partial charge in [0.15, 0.2) is 0 Å². The van der Waals surface area contributed by atoms with Crippen LogP contribution in [0.1, 0.15) is 44.2 Å². The Hall–Kier alpha value is -2.32.